The lowest BCUT2D eigenvalue weighted by atomic mass is 9.61. The molecule has 1 aromatic rings. The first-order valence-corrected chi connectivity index (χ1v) is 12.2. The lowest BCUT2D eigenvalue weighted by Crippen LogP contribution is -2.67. The lowest BCUT2D eigenvalue weighted by Gasteiger charge is -2.60. The molecule has 2 saturated carbocycles. The monoisotopic (exact) mass is 455 g/mol. The molecule has 176 valence electrons. The van der Waals surface area contributed by atoms with E-state index in [1.54, 1.807) is 11.0 Å². The second-order valence-electron chi connectivity index (χ2n) is 10.6. The Hall–Kier alpha value is -2.48. The van der Waals surface area contributed by atoms with Crippen LogP contribution in [0.5, 0.6) is 5.75 Å². The van der Waals surface area contributed by atoms with E-state index in [-0.39, 0.29) is 29.8 Å². The molecule has 5 aliphatic rings. The molecule has 2 aliphatic carbocycles. The highest BCUT2D eigenvalue weighted by atomic mass is 19.1. The van der Waals surface area contributed by atoms with E-state index in [1.165, 1.54) is 6.42 Å². The van der Waals surface area contributed by atoms with Crippen molar-refractivity contribution in [3.05, 3.63) is 29.3 Å². The second-order valence-corrected chi connectivity index (χ2v) is 10.6. The Morgan fingerprint density at radius 1 is 1.06 bits per heavy atom. The molecule has 6 rings (SSSR count). The zero-order chi connectivity index (χ0) is 22.7. The SMILES string of the molecule is O=C1CCC(N2Cc3cc(OC4CCCCC4N4CC5(CC(F)C5)C4)ccc3C2=O)C(=O)N1. The Morgan fingerprint density at radius 2 is 1.85 bits per heavy atom. The summed E-state index contributed by atoms with van der Waals surface area (Å²) in [6, 6.07) is 5.34. The summed E-state index contributed by atoms with van der Waals surface area (Å²) >= 11 is 0. The average Bonchev–Trinajstić information content (AvgIpc) is 3.06. The van der Waals surface area contributed by atoms with E-state index in [0.717, 1.165) is 43.7 Å². The van der Waals surface area contributed by atoms with Crippen LogP contribution < -0.4 is 10.1 Å². The smallest absolute Gasteiger partial charge is 0.255 e. The summed E-state index contributed by atoms with van der Waals surface area (Å²) in [5, 5.41) is 2.34. The number of piperidine rings is 1. The normalized spacial score (nSPS) is 31.7. The minimum absolute atomic E-state index is 0.0961. The fourth-order valence-electron chi connectivity index (χ4n) is 6.62. The van der Waals surface area contributed by atoms with Crippen LogP contribution in [0.1, 0.15) is 67.3 Å². The van der Waals surface area contributed by atoms with Crippen molar-refractivity contribution in [1.29, 1.82) is 0 Å². The first kappa shape index (κ1) is 21.1. The molecule has 3 amide bonds. The summed E-state index contributed by atoms with van der Waals surface area (Å²) in [4.78, 5) is 40.7. The summed E-state index contributed by atoms with van der Waals surface area (Å²) in [6.07, 6.45) is 5.95. The second kappa shape index (κ2) is 7.79. The largest absolute Gasteiger partial charge is 0.489 e. The number of carbonyl (C=O) groups is 3. The molecule has 0 radical (unpaired) electrons. The van der Waals surface area contributed by atoms with Gasteiger partial charge in [-0.3, -0.25) is 24.6 Å². The van der Waals surface area contributed by atoms with Gasteiger partial charge in [-0.25, -0.2) is 4.39 Å². The molecule has 33 heavy (non-hydrogen) atoms. The maximum Gasteiger partial charge on any atom is 0.255 e. The van der Waals surface area contributed by atoms with Crippen molar-refractivity contribution in [3.63, 3.8) is 0 Å². The first-order chi connectivity index (χ1) is 15.9. The van der Waals surface area contributed by atoms with Crippen LogP contribution in [0.15, 0.2) is 18.2 Å². The third-order valence-corrected chi connectivity index (χ3v) is 8.31. The number of fused-ring (bicyclic) bond motifs is 1. The van der Waals surface area contributed by atoms with Crippen LogP contribution in [-0.2, 0) is 16.1 Å². The molecule has 0 bridgehead atoms. The summed E-state index contributed by atoms with van der Waals surface area (Å²) in [7, 11) is 0. The van der Waals surface area contributed by atoms with Gasteiger partial charge in [0, 0.05) is 43.1 Å². The molecule has 3 atom stereocenters. The molecule has 3 heterocycles. The number of imide groups is 1. The van der Waals surface area contributed by atoms with E-state index < -0.39 is 18.1 Å². The first-order valence-electron chi connectivity index (χ1n) is 12.2. The van der Waals surface area contributed by atoms with Crippen molar-refractivity contribution < 1.29 is 23.5 Å². The third-order valence-electron chi connectivity index (χ3n) is 8.31. The van der Waals surface area contributed by atoms with Gasteiger partial charge in [-0.1, -0.05) is 6.42 Å². The number of nitrogens with one attached hydrogen (secondary N) is 1. The van der Waals surface area contributed by atoms with Gasteiger partial charge in [0.05, 0.1) is 0 Å². The predicted octanol–water partition coefficient (Wildman–Crippen LogP) is 2.57. The van der Waals surface area contributed by atoms with Crippen molar-refractivity contribution in [1.82, 2.24) is 15.1 Å². The Morgan fingerprint density at radius 3 is 2.61 bits per heavy atom. The van der Waals surface area contributed by atoms with Gasteiger partial charge in [0.2, 0.25) is 11.8 Å². The van der Waals surface area contributed by atoms with E-state index in [2.05, 4.69) is 10.2 Å². The van der Waals surface area contributed by atoms with Crippen LogP contribution >= 0.6 is 0 Å². The molecule has 1 aromatic carbocycles. The van der Waals surface area contributed by atoms with E-state index in [9.17, 15) is 18.8 Å². The van der Waals surface area contributed by atoms with Crippen LogP contribution in [0.2, 0.25) is 0 Å². The van der Waals surface area contributed by atoms with Crippen molar-refractivity contribution >= 4 is 17.7 Å². The number of amides is 3. The number of carbonyl (C=O) groups excluding carboxylic acids is 3. The van der Waals surface area contributed by atoms with Gasteiger partial charge in [0.1, 0.15) is 24.1 Å². The van der Waals surface area contributed by atoms with Crippen LogP contribution in [0.3, 0.4) is 0 Å². The summed E-state index contributed by atoms with van der Waals surface area (Å²) < 4.78 is 19.9. The van der Waals surface area contributed by atoms with Gasteiger partial charge < -0.3 is 9.64 Å². The lowest BCUT2D eigenvalue weighted by molar-refractivity contribution is -0.139. The summed E-state index contributed by atoms with van der Waals surface area (Å²) in [5.74, 6) is -0.0923. The number of hydrogen-bond acceptors (Lipinski definition) is 5. The third kappa shape index (κ3) is 3.63. The number of ether oxygens (including phenoxy) is 1. The van der Waals surface area contributed by atoms with Gasteiger partial charge in [0.15, 0.2) is 0 Å². The fraction of sp³-hybridized carbons (Fsp3) is 0.640. The molecule has 3 unspecified atom stereocenters. The number of benzene rings is 1. The number of alkyl halides is 1. The number of rotatable bonds is 4. The zero-order valence-electron chi connectivity index (χ0n) is 18.7. The maximum atomic E-state index is 13.4. The van der Waals surface area contributed by atoms with Gasteiger partial charge in [-0.2, -0.15) is 0 Å². The topological polar surface area (TPSA) is 79.0 Å². The Balaban J connectivity index is 1.13. The molecule has 4 fully saturated rings. The highest BCUT2D eigenvalue weighted by Gasteiger charge is 2.55. The molecule has 1 N–H and O–H groups in total. The quantitative estimate of drug-likeness (QED) is 0.706. The molecular formula is C25H30FN3O4. The minimum Gasteiger partial charge on any atom is -0.489 e. The van der Waals surface area contributed by atoms with Crippen LogP contribution in [0, 0.1) is 5.41 Å². The Labute approximate surface area is 192 Å². The number of nitrogens with zero attached hydrogens (tertiary/aromatic N) is 2. The van der Waals surface area contributed by atoms with E-state index >= 15 is 0 Å². The molecule has 3 aliphatic heterocycles. The van der Waals surface area contributed by atoms with E-state index in [1.807, 2.05) is 12.1 Å². The van der Waals surface area contributed by atoms with E-state index in [0.29, 0.717) is 37.4 Å². The van der Waals surface area contributed by atoms with Crippen molar-refractivity contribution in [2.24, 2.45) is 5.41 Å². The minimum atomic E-state index is -0.612. The number of halogens is 1. The van der Waals surface area contributed by atoms with Gasteiger partial charge >= 0.3 is 0 Å². The van der Waals surface area contributed by atoms with Crippen LogP contribution in [0.25, 0.3) is 0 Å². The average molecular weight is 456 g/mol. The number of hydrogen-bond donors (Lipinski definition) is 1. The zero-order valence-corrected chi connectivity index (χ0v) is 18.7. The van der Waals surface area contributed by atoms with Gasteiger partial charge in [-0.15, -0.1) is 0 Å². The highest BCUT2D eigenvalue weighted by Crippen LogP contribution is 2.51. The number of likely N-dealkylation sites (tertiary alicyclic amines) is 1. The van der Waals surface area contributed by atoms with Crippen LogP contribution in [0.4, 0.5) is 4.39 Å². The maximum absolute atomic E-state index is 13.4. The molecule has 7 nitrogen and oxygen atoms in total. The van der Waals surface area contributed by atoms with Gasteiger partial charge in [0.25, 0.3) is 5.91 Å². The Bertz CT molecular complexity index is 999. The Kier molecular flexibility index (Phi) is 4.98. The summed E-state index contributed by atoms with van der Waals surface area (Å²) in [6.45, 7) is 2.32. The molecule has 8 heteroatoms. The fourth-order valence-corrected chi connectivity index (χ4v) is 6.62. The van der Waals surface area contributed by atoms with Crippen molar-refractivity contribution in [2.75, 3.05) is 13.1 Å². The summed E-state index contributed by atoms with van der Waals surface area (Å²) in [5.41, 5.74) is 1.68. The highest BCUT2D eigenvalue weighted by molar-refractivity contribution is 6.05. The van der Waals surface area contributed by atoms with E-state index in [4.69, 9.17) is 4.74 Å². The molecule has 0 aromatic heterocycles. The molecule has 2 saturated heterocycles. The van der Waals surface area contributed by atoms with Crippen molar-refractivity contribution in [2.45, 2.75) is 82.3 Å². The predicted molar refractivity (Wildman–Crippen MR) is 117 cm³/mol. The van der Waals surface area contributed by atoms with Crippen molar-refractivity contribution in [3.8, 4) is 5.75 Å². The van der Waals surface area contributed by atoms with Crippen LogP contribution in [-0.4, -0.2) is 65.0 Å². The standard InChI is InChI=1S/C25H30FN3O4/c26-16-10-25(11-16)13-28(14-25)19-3-1-2-4-21(19)33-17-5-6-18-15(9-17)12-29(24(18)32)20-7-8-22(30)27-23(20)31/h5-6,9,16,19-21H,1-4,7-8,10-14H2,(H,27,30,31). The molecular weight excluding hydrogens is 425 g/mol. The van der Waals surface area contributed by atoms with Gasteiger partial charge in [-0.05, 0) is 62.3 Å². The molecule has 1 spiro atoms.